The van der Waals surface area contributed by atoms with E-state index >= 15 is 0 Å². The van der Waals surface area contributed by atoms with Crippen LogP contribution in [0.5, 0.6) is 0 Å². The molecule has 3 aliphatic rings. The van der Waals surface area contributed by atoms with E-state index in [1.807, 2.05) is 6.07 Å². The zero-order valence-electron chi connectivity index (χ0n) is 28.7. The van der Waals surface area contributed by atoms with Crippen molar-refractivity contribution in [2.75, 3.05) is 0 Å². The lowest BCUT2D eigenvalue weighted by Gasteiger charge is -2.39. The molecule has 2 aliphatic carbocycles. The largest absolute Gasteiger partial charge is 0.455 e. The highest BCUT2D eigenvalue weighted by Gasteiger charge is 2.41. The van der Waals surface area contributed by atoms with Crippen molar-refractivity contribution in [3.63, 3.8) is 0 Å². The molecule has 1 aliphatic heterocycles. The molecule has 0 radical (unpaired) electrons. The van der Waals surface area contributed by atoms with Crippen LogP contribution in [0, 0.1) is 11.3 Å². The van der Waals surface area contributed by atoms with Gasteiger partial charge in [0.15, 0.2) is 0 Å². The van der Waals surface area contributed by atoms with Crippen LogP contribution in [0.4, 0.5) is 0 Å². The third-order valence-electron chi connectivity index (χ3n) is 10.8. The summed E-state index contributed by atoms with van der Waals surface area (Å²) in [6, 6.07) is 47.0. The second-order valence-electron chi connectivity index (χ2n) is 14.0. The summed E-state index contributed by atoms with van der Waals surface area (Å²) in [5.74, 6) is 1.74. The van der Waals surface area contributed by atoms with Crippen molar-refractivity contribution in [2.24, 2.45) is 21.3 Å². The van der Waals surface area contributed by atoms with Crippen LogP contribution in [0.2, 0.25) is 0 Å². The lowest BCUT2D eigenvalue weighted by atomic mass is 9.68. The van der Waals surface area contributed by atoms with Crippen LogP contribution in [0.25, 0.3) is 55.0 Å². The van der Waals surface area contributed by atoms with Crippen LogP contribution < -0.4 is 5.32 Å². The van der Waals surface area contributed by atoms with Crippen LogP contribution in [0.3, 0.4) is 0 Å². The van der Waals surface area contributed by atoms with Crippen LogP contribution >= 0.6 is 0 Å². The molecule has 4 nitrogen and oxygen atoms in total. The number of fused-ring (bicyclic) bond motifs is 5. The van der Waals surface area contributed by atoms with Crippen molar-refractivity contribution < 1.29 is 4.42 Å². The van der Waals surface area contributed by atoms with Gasteiger partial charge in [-0.15, -0.1) is 0 Å². The molecular weight excluding hydrogens is 635 g/mol. The average molecular weight is 670 g/mol. The molecule has 0 saturated carbocycles. The van der Waals surface area contributed by atoms with E-state index in [1.165, 1.54) is 22.1 Å². The molecule has 1 N–H and O–H groups in total. The van der Waals surface area contributed by atoms with E-state index < -0.39 is 11.6 Å². The molecule has 52 heavy (non-hydrogen) atoms. The second kappa shape index (κ2) is 12.1. The minimum absolute atomic E-state index is 0.128. The Morgan fingerprint density at radius 2 is 1.37 bits per heavy atom. The maximum atomic E-state index is 6.90. The van der Waals surface area contributed by atoms with Gasteiger partial charge in [-0.25, -0.2) is 9.98 Å². The predicted molar refractivity (Wildman–Crippen MR) is 215 cm³/mol. The number of aliphatic imine (C=N–C) groups is 2. The SMILES string of the molecule is CC1(C2=NC(c3ccc(-c4ccc(-c5ccccc5)cc4)c4oc5cc6ccccc6cc5c34)NC(c3ccccc3)=N2)C=CC=C2C=CC=CC21. The smallest absolute Gasteiger partial charge is 0.148 e. The predicted octanol–water partition coefficient (Wildman–Crippen LogP) is 11.8. The molecule has 1 aromatic heterocycles. The van der Waals surface area contributed by atoms with Gasteiger partial charge in [0.1, 0.15) is 29.0 Å². The van der Waals surface area contributed by atoms with E-state index in [-0.39, 0.29) is 5.92 Å². The van der Waals surface area contributed by atoms with Gasteiger partial charge >= 0.3 is 0 Å². The summed E-state index contributed by atoms with van der Waals surface area (Å²) in [5.41, 5.74) is 9.13. The van der Waals surface area contributed by atoms with Crippen molar-refractivity contribution in [3.8, 4) is 22.3 Å². The molecule has 248 valence electrons. The monoisotopic (exact) mass is 669 g/mol. The van der Waals surface area contributed by atoms with Gasteiger partial charge in [-0.05, 0) is 52.1 Å². The number of hydrogen-bond donors (Lipinski definition) is 1. The van der Waals surface area contributed by atoms with E-state index in [0.29, 0.717) is 0 Å². The molecule has 2 heterocycles. The van der Waals surface area contributed by atoms with E-state index in [0.717, 1.165) is 61.2 Å². The third kappa shape index (κ3) is 4.98. The Hall–Kier alpha value is -6.52. The first-order valence-corrected chi connectivity index (χ1v) is 17.9. The molecule has 6 aromatic carbocycles. The van der Waals surface area contributed by atoms with Gasteiger partial charge in [-0.3, -0.25) is 0 Å². The highest BCUT2D eigenvalue weighted by Crippen LogP contribution is 2.46. The third-order valence-corrected chi connectivity index (χ3v) is 10.8. The summed E-state index contributed by atoms with van der Waals surface area (Å²) in [7, 11) is 0. The first-order valence-electron chi connectivity index (χ1n) is 17.9. The number of nitrogens with zero attached hydrogens (tertiary/aromatic N) is 2. The molecule has 0 bridgehead atoms. The number of benzene rings is 6. The summed E-state index contributed by atoms with van der Waals surface area (Å²) in [4.78, 5) is 10.8. The summed E-state index contributed by atoms with van der Waals surface area (Å²) in [5, 5.41) is 8.22. The van der Waals surface area contributed by atoms with Gasteiger partial charge in [0.05, 0.1) is 5.41 Å². The molecule has 7 aromatic rings. The number of rotatable bonds is 5. The molecule has 10 rings (SSSR count). The van der Waals surface area contributed by atoms with Gasteiger partial charge in [-0.1, -0.05) is 164 Å². The van der Waals surface area contributed by atoms with Crippen LogP contribution in [-0.4, -0.2) is 11.7 Å². The van der Waals surface area contributed by atoms with Gasteiger partial charge in [0.25, 0.3) is 0 Å². The van der Waals surface area contributed by atoms with Crippen LogP contribution in [0.1, 0.15) is 24.2 Å². The fourth-order valence-corrected chi connectivity index (χ4v) is 8.06. The minimum atomic E-state index is -0.444. The average Bonchev–Trinajstić information content (AvgIpc) is 3.58. The standard InChI is InChI=1S/C48H35N3O/c1-48(28-12-20-34-15-10-11-21-41(34)48)47-50-45(35-16-6-3-7-17-35)49-46(51-47)39-27-26-38(33-24-22-32(23-25-33)31-13-4-2-5-14-31)44-43(39)40-29-36-18-8-9-19-37(36)30-42(40)52-44/h2-30,41,46H,1H3,(H,49,50,51). The molecule has 3 atom stereocenters. The number of furan rings is 1. The lowest BCUT2D eigenvalue weighted by molar-refractivity contribution is 0.465. The first-order chi connectivity index (χ1) is 25.6. The molecule has 3 unspecified atom stereocenters. The van der Waals surface area contributed by atoms with Crippen LogP contribution in [0.15, 0.2) is 196 Å². The van der Waals surface area contributed by atoms with E-state index in [4.69, 9.17) is 14.4 Å². The molecule has 0 fully saturated rings. The molecule has 4 heteroatoms. The molecular formula is C48H35N3O. The van der Waals surface area contributed by atoms with Gasteiger partial charge < -0.3 is 9.73 Å². The highest BCUT2D eigenvalue weighted by atomic mass is 16.3. The minimum Gasteiger partial charge on any atom is -0.455 e. The normalized spacial score (nSPS) is 20.8. The fourth-order valence-electron chi connectivity index (χ4n) is 8.06. The fraction of sp³-hybridized carbons (Fsp3) is 0.0833. The van der Waals surface area contributed by atoms with E-state index in [9.17, 15) is 0 Å². The van der Waals surface area contributed by atoms with Crippen molar-refractivity contribution in [2.45, 2.75) is 13.1 Å². The Morgan fingerprint density at radius 3 is 2.15 bits per heavy atom. The van der Waals surface area contributed by atoms with Gasteiger partial charge in [-0.2, -0.15) is 0 Å². The number of allylic oxidation sites excluding steroid dienone is 7. The molecule has 0 amide bonds. The van der Waals surface area contributed by atoms with E-state index in [2.05, 4.69) is 182 Å². The molecule has 0 spiro atoms. The van der Waals surface area contributed by atoms with Crippen molar-refractivity contribution in [3.05, 3.63) is 193 Å². The summed E-state index contributed by atoms with van der Waals surface area (Å²) in [6.45, 7) is 2.26. The van der Waals surface area contributed by atoms with Crippen molar-refractivity contribution >= 4 is 44.4 Å². The van der Waals surface area contributed by atoms with Crippen molar-refractivity contribution in [1.29, 1.82) is 0 Å². The van der Waals surface area contributed by atoms with Gasteiger partial charge in [0, 0.05) is 33.4 Å². The number of nitrogens with one attached hydrogen (secondary N) is 1. The number of amidine groups is 2. The lowest BCUT2D eigenvalue weighted by Crippen LogP contribution is -2.41. The summed E-state index contributed by atoms with van der Waals surface area (Å²) < 4.78 is 6.90. The number of hydrogen-bond acceptors (Lipinski definition) is 4. The topological polar surface area (TPSA) is 49.9 Å². The zero-order chi connectivity index (χ0) is 34.6. The Bertz CT molecular complexity index is 2710. The Labute approximate surface area is 302 Å². The Morgan fingerprint density at radius 1 is 0.673 bits per heavy atom. The quantitative estimate of drug-likeness (QED) is 0.198. The van der Waals surface area contributed by atoms with Crippen LogP contribution in [-0.2, 0) is 0 Å². The zero-order valence-corrected chi connectivity index (χ0v) is 28.7. The maximum absolute atomic E-state index is 6.90. The molecule has 0 saturated heterocycles. The summed E-state index contributed by atoms with van der Waals surface area (Å²) in [6.07, 6.45) is 14.9. The highest BCUT2D eigenvalue weighted by molar-refractivity contribution is 6.16. The Kier molecular flexibility index (Phi) is 7.03. The van der Waals surface area contributed by atoms with Gasteiger partial charge in [0.2, 0.25) is 0 Å². The van der Waals surface area contributed by atoms with Crippen molar-refractivity contribution in [1.82, 2.24) is 5.32 Å². The Balaban J connectivity index is 1.18. The maximum Gasteiger partial charge on any atom is 0.148 e. The first kappa shape index (κ1) is 30.3. The van der Waals surface area contributed by atoms with E-state index in [1.54, 1.807) is 0 Å². The second-order valence-corrected chi connectivity index (χ2v) is 14.0. The summed E-state index contributed by atoms with van der Waals surface area (Å²) >= 11 is 0.